The zero-order valence-corrected chi connectivity index (χ0v) is 12.2. The fraction of sp³-hybridized carbons (Fsp3) is 0.857. The molecule has 1 fully saturated rings. The van der Waals surface area contributed by atoms with Crippen molar-refractivity contribution < 1.29 is 13.2 Å². The number of halogens is 3. The molecule has 2 aliphatic rings. The van der Waals surface area contributed by atoms with E-state index in [1.807, 2.05) is 0 Å². The van der Waals surface area contributed by atoms with Gasteiger partial charge in [-0.05, 0) is 32.2 Å². The maximum absolute atomic E-state index is 13.0. The molecule has 0 aromatic carbocycles. The predicted octanol–water partition coefficient (Wildman–Crippen LogP) is 2.78. The molecule has 21 heavy (non-hydrogen) atoms. The van der Waals surface area contributed by atoms with Gasteiger partial charge < -0.3 is 9.88 Å². The van der Waals surface area contributed by atoms with Crippen LogP contribution in [0.4, 0.5) is 13.2 Å². The fourth-order valence-corrected chi connectivity index (χ4v) is 3.70. The van der Waals surface area contributed by atoms with E-state index in [0.29, 0.717) is 18.1 Å². The van der Waals surface area contributed by atoms with E-state index in [1.165, 1.54) is 0 Å². The first-order valence-electron chi connectivity index (χ1n) is 7.70. The molecular formula is C14H21F3N4. The van der Waals surface area contributed by atoms with E-state index in [-0.39, 0.29) is 18.5 Å². The van der Waals surface area contributed by atoms with E-state index in [9.17, 15) is 13.2 Å². The summed E-state index contributed by atoms with van der Waals surface area (Å²) in [6.07, 6.45) is 0.162. The lowest BCUT2D eigenvalue weighted by Crippen LogP contribution is -2.41. The van der Waals surface area contributed by atoms with Gasteiger partial charge in [0.2, 0.25) is 0 Å². The van der Waals surface area contributed by atoms with Gasteiger partial charge in [0.1, 0.15) is 5.82 Å². The van der Waals surface area contributed by atoms with E-state index < -0.39 is 12.1 Å². The Morgan fingerprint density at radius 1 is 1.38 bits per heavy atom. The minimum atomic E-state index is -4.14. The van der Waals surface area contributed by atoms with Crippen molar-refractivity contribution in [2.45, 2.75) is 63.7 Å². The summed E-state index contributed by atoms with van der Waals surface area (Å²) in [4.78, 5) is 0. The van der Waals surface area contributed by atoms with Crippen LogP contribution in [0.25, 0.3) is 0 Å². The number of fused-ring (bicyclic) bond motifs is 1. The summed E-state index contributed by atoms with van der Waals surface area (Å²) in [6, 6.07) is 0. The van der Waals surface area contributed by atoms with Crippen molar-refractivity contribution in [3.63, 3.8) is 0 Å². The summed E-state index contributed by atoms with van der Waals surface area (Å²) in [5.74, 6) is 0.139. The van der Waals surface area contributed by atoms with Crippen molar-refractivity contribution in [3.8, 4) is 0 Å². The van der Waals surface area contributed by atoms with Crippen molar-refractivity contribution in [2.75, 3.05) is 6.54 Å². The minimum absolute atomic E-state index is 0.0334. The Balaban J connectivity index is 1.94. The molecule has 0 spiro atoms. The lowest BCUT2D eigenvalue weighted by Gasteiger charge is -2.32. The molecule has 3 rings (SSSR count). The predicted molar refractivity (Wildman–Crippen MR) is 71.7 cm³/mol. The van der Waals surface area contributed by atoms with E-state index in [2.05, 4.69) is 22.4 Å². The Labute approximate surface area is 122 Å². The van der Waals surface area contributed by atoms with Crippen LogP contribution in [0.2, 0.25) is 0 Å². The second-order valence-corrected chi connectivity index (χ2v) is 6.19. The van der Waals surface area contributed by atoms with Crippen LogP contribution in [0.5, 0.6) is 0 Å². The van der Waals surface area contributed by atoms with E-state index in [1.54, 1.807) is 4.57 Å². The minimum Gasteiger partial charge on any atom is -0.313 e. The molecule has 3 heterocycles. The normalized spacial score (nSPS) is 29.6. The first-order valence-corrected chi connectivity index (χ1v) is 7.70. The summed E-state index contributed by atoms with van der Waals surface area (Å²) >= 11 is 0. The lowest BCUT2D eigenvalue weighted by molar-refractivity contribution is -0.182. The molecule has 2 atom stereocenters. The van der Waals surface area contributed by atoms with Gasteiger partial charge in [0.15, 0.2) is 5.82 Å². The van der Waals surface area contributed by atoms with Crippen LogP contribution in [-0.4, -0.2) is 27.5 Å². The highest BCUT2D eigenvalue weighted by Crippen LogP contribution is 2.39. The van der Waals surface area contributed by atoms with Gasteiger partial charge in [0.25, 0.3) is 0 Å². The number of nitrogens with one attached hydrogen (secondary N) is 1. The van der Waals surface area contributed by atoms with Crippen LogP contribution in [-0.2, 0) is 18.5 Å². The van der Waals surface area contributed by atoms with Crippen LogP contribution in [0, 0.1) is 5.92 Å². The summed E-state index contributed by atoms with van der Waals surface area (Å²) in [5.41, 5.74) is -0.284. The van der Waals surface area contributed by atoms with Crippen LogP contribution in [0.15, 0.2) is 0 Å². The Morgan fingerprint density at radius 3 is 2.81 bits per heavy atom. The molecule has 0 saturated carbocycles. The molecule has 0 amide bonds. The molecule has 2 unspecified atom stereocenters. The molecule has 0 radical (unpaired) electrons. The highest BCUT2D eigenvalue weighted by Gasteiger charge is 2.45. The molecular weight excluding hydrogens is 281 g/mol. The molecule has 1 aromatic rings. The van der Waals surface area contributed by atoms with Crippen molar-refractivity contribution in [1.82, 2.24) is 20.1 Å². The van der Waals surface area contributed by atoms with Gasteiger partial charge >= 0.3 is 6.18 Å². The molecule has 118 valence electrons. The number of aromatic nitrogens is 3. The fourth-order valence-electron chi connectivity index (χ4n) is 3.70. The van der Waals surface area contributed by atoms with Crippen molar-refractivity contribution in [2.24, 2.45) is 5.92 Å². The molecule has 4 nitrogen and oxygen atoms in total. The van der Waals surface area contributed by atoms with Gasteiger partial charge in [0, 0.05) is 13.0 Å². The molecule has 1 aromatic heterocycles. The Hall–Kier alpha value is -1.11. The van der Waals surface area contributed by atoms with Gasteiger partial charge in [-0.15, -0.1) is 10.2 Å². The monoisotopic (exact) mass is 302 g/mol. The standard InChI is InChI=1S/C14H21F3N4/c1-2-6-13(7-3-8-18-13)12-20-19-11-5-4-10(9-21(11)12)14(15,16)17/h10,18H,2-9H2,1H3. The molecule has 7 heteroatoms. The first kappa shape index (κ1) is 14.8. The number of rotatable bonds is 3. The SMILES string of the molecule is CCCC1(c2nnc3n2CC(C(F)(F)F)CC3)CCCN1. The number of hydrogen-bond acceptors (Lipinski definition) is 3. The van der Waals surface area contributed by atoms with E-state index in [4.69, 9.17) is 0 Å². The Morgan fingerprint density at radius 2 is 2.19 bits per heavy atom. The number of alkyl halides is 3. The highest BCUT2D eigenvalue weighted by atomic mass is 19.4. The first-order chi connectivity index (χ1) is 9.96. The van der Waals surface area contributed by atoms with Gasteiger partial charge in [-0.2, -0.15) is 13.2 Å². The number of nitrogens with zero attached hydrogens (tertiary/aromatic N) is 3. The van der Waals surface area contributed by atoms with E-state index in [0.717, 1.165) is 32.2 Å². The van der Waals surface area contributed by atoms with Crippen molar-refractivity contribution >= 4 is 0 Å². The number of aryl methyl sites for hydroxylation is 1. The third-order valence-corrected chi connectivity index (χ3v) is 4.76. The summed E-state index contributed by atoms with van der Waals surface area (Å²) in [6.45, 7) is 2.95. The smallest absolute Gasteiger partial charge is 0.313 e. The molecule has 1 saturated heterocycles. The van der Waals surface area contributed by atoms with Crippen molar-refractivity contribution in [3.05, 3.63) is 11.6 Å². The van der Waals surface area contributed by atoms with Gasteiger partial charge in [-0.25, -0.2) is 0 Å². The summed E-state index contributed by atoms with van der Waals surface area (Å²) in [5, 5.41) is 11.9. The zero-order chi connectivity index (χ0) is 15.1. The van der Waals surface area contributed by atoms with Crippen LogP contribution in [0.1, 0.15) is 50.7 Å². The van der Waals surface area contributed by atoms with Crippen molar-refractivity contribution in [1.29, 1.82) is 0 Å². The van der Waals surface area contributed by atoms with E-state index >= 15 is 0 Å². The second kappa shape index (κ2) is 5.26. The second-order valence-electron chi connectivity index (χ2n) is 6.19. The molecule has 2 aliphatic heterocycles. The maximum Gasteiger partial charge on any atom is 0.393 e. The third kappa shape index (κ3) is 2.56. The Bertz CT molecular complexity index is 503. The summed E-state index contributed by atoms with van der Waals surface area (Å²) in [7, 11) is 0. The van der Waals surface area contributed by atoms with Crippen LogP contribution < -0.4 is 5.32 Å². The lowest BCUT2D eigenvalue weighted by atomic mass is 9.89. The van der Waals surface area contributed by atoms with Gasteiger partial charge in [0.05, 0.1) is 11.5 Å². The summed E-state index contributed by atoms with van der Waals surface area (Å²) < 4.78 is 40.8. The highest BCUT2D eigenvalue weighted by molar-refractivity contribution is 5.14. The largest absolute Gasteiger partial charge is 0.393 e. The average Bonchev–Trinajstić information content (AvgIpc) is 3.04. The molecule has 0 aliphatic carbocycles. The van der Waals surface area contributed by atoms with Gasteiger partial charge in [-0.3, -0.25) is 0 Å². The zero-order valence-electron chi connectivity index (χ0n) is 12.2. The topological polar surface area (TPSA) is 42.7 Å². The average molecular weight is 302 g/mol. The van der Waals surface area contributed by atoms with Crippen LogP contribution >= 0.6 is 0 Å². The third-order valence-electron chi connectivity index (χ3n) is 4.76. The van der Waals surface area contributed by atoms with Gasteiger partial charge in [-0.1, -0.05) is 13.3 Å². The maximum atomic E-state index is 13.0. The molecule has 1 N–H and O–H groups in total. The number of hydrogen-bond donors (Lipinski definition) is 1. The molecule has 0 bridgehead atoms. The quantitative estimate of drug-likeness (QED) is 0.933. The Kier molecular flexibility index (Phi) is 3.71. The van der Waals surface area contributed by atoms with Crippen LogP contribution in [0.3, 0.4) is 0 Å².